The molecule has 2 unspecified atom stereocenters. The summed E-state index contributed by atoms with van der Waals surface area (Å²) in [7, 11) is 0. The minimum Gasteiger partial charge on any atom is -0.369 e. The van der Waals surface area contributed by atoms with E-state index in [0.717, 1.165) is 5.84 Å². The van der Waals surface area contributed by atoms with Crippen molar-refractivity contribution < 1.29 is 0 Å². The summed E-state index contributed by atoms with van der Waals surface area (Å²) in [5.74, 6) is 1.16. The molecule has 0 aromatic rings. The van der Waals surface area contributed by atoms with Gasteiger partial charge in [0.25, 0.3) is 0 Å². The normalized spacial score (nSPS) is 35.5. The molecule has 0 aromatic heterocycles. The third kappa shape index (κ3) is 2.73. The van der Waals surface area contributed by atoms with Gasteiger partial charge in [0.2, 0.25) is 0 Å². The molecule has 1 fully saturated rings. The number of hydrogen-bond acceptors (Lipinski definition) is 2. The molecule has 86 valence electrons. The summed E-state index contributed by atoms with van der Waals surface area (Å²) >= 11 is 0. The Morgan fingerprint density at radius 3 is 2.60 bits per heavy atom. The predicted molar refractivity (Wildman–Crippen MR) is 65.3 cm³/mol. The lowest BCUT2D eigenvalue weighted by Gasteiger charge is -2.23. The van der Waals surface area contributed by atoms with Gasteiger partial charge in [-0.25, -0.2) is 0 Å². The highest BCUT2D eigenvalue weighted by Crippen LogP contribution is 2.33. The first-order valence-corrected chi connectivity index (χ1v) is 6.38. The molecule has 2 rings (SSSR count). The molecule has 2 nitrogen and oxygen atoms in total. The van der Waals surface area contributed by atoms with Crippen LogP contribution in [0.3, 0.4) is 0 Å². The lowest BCUT2D eigenvalue weighted by atomic mass is 9.83. The van der Waals surface area contributed by atoms with E-state index in [-0.39, 0.29) is 0 Å². The third-order valence-electron chi connectivity index (χ3n) is 3.94. The summed E-state index contributed by atoms with van der Waals surface area (Å²) in [5, 5.41) is 3.53. The molecule has 1 aliphatic heterocycles. The van der Waals surface area contributed by atoms with Crippen molar-refractivity contribution in [3.05, 3.63) is 0 Å². The van der Waals surface area contributed by atoms with Crippen LogP contribution in [-0.4, -0.2) is 17.9 Å². The minimum absolute atomic E-state index is 0.553. The van der Waals surface area contributed by atoms with Crippen molar-refractivity contribution >= 4 is 5.84 Å². The van der Waals surface area contributed by atoms with Crippen LogP contribution in [0.5, 0.6) is 0 Å². The Labute approximate surface area is 93.6 Å². The molecule has 0 spiro atoms. The second-order valence-corrected chi connectivity index (χ2v) is 5.98. The number of fused-ring (bicyclic) bond motifs is 1. The second kappa shape index (κ2) is 4.15. The lowest BCUT2D eigenvalue weighted by Crippen LogP contribution is -2.33. The standard InChI is InChI=1S/C13H24N2/c1-10-14-11-6-4-8-13(2,3)9-5-7-12(11)15-10/h11-12H,4-9H2,1-3H3,(H,14,15). The maximum absolute atomic E-state index is 4.71. The molecular weight excluding hydrogens is 184 g/mol. The summed E-state index contributed by atoms with van der Waals surface area (Å²) in [6.45, 7) is 6.93. The summed E-state index contributed by atoms with van der Waals surface area (Å²) in [5.41, 5.74) is 0.553. The zero-order valence-electron chi connectivity index (χ0n) is 10.3. The van der Waals surface area contributed by atoms with E-state index in [2.05, 4.69) is 26.1 Å². The summed E-state index contributed by atoms with van der Waals surface area (Å²) in [4.78, 5) is 4.71. The van der Waals surface area contributed by atoms with E-state index >= 15 is 0 Å². The van der Waals surface area contributed by atoms with Gasteiger partial charge in [-0.15, -0.1) is 0 Å². The zero-order chi connectivity index (χ0) is 10.9. The molecule has 0 aromatic carbocycles. The molecule has 1 heterocycles. The van der Waals surface area contributed by atoms with Crippen LogP contribution in [0.1, 0.15) is 59.3 Å². The Morgan fingerprint density at radius 1 is 1.20 bits per heavy atom. The van der Waals surface area contributed by atoms with Crippen LogP contribution in [-0.2, 0) is 0 Å². The Kier molecular flexibility index (Phi) is 3.03. The maximum atomic E-state index is 4.71. The monoisotopic (exact) mass is 208 g/mol. The van der Waals surface area contributed by atoms with Gasteiger partial charge in [0, 0.05) is 6.04 Å². The molecular formula is C13H24N2. The van der Waals surface area contributed by atoms with Gasteiger partial charge in [0.15, 0.2) is 0 Å². The quantitative estimate of drug-likeness (QED) is 0.650. The highest BCUT2D eigenvalue weighted by molar-refractivity contribution is 5.81. The van der Waals surface area contributed by atoms with Gasteiger partial charge < -0.3 is 5.32 Å². The molecule has 1 N–H and O–H groups in total. The van der Waals surface area contributed by atoms with Crippen molar-refractivity contribution in [1.29, 1.82) is 0 Å². The molecule has 0 bridgehead atoms. The van der Waals surface area contributed by atoms with Crippen molar-refractivity contribution in [2.45, 2.75) is 71.4 Å². The van der Waals surface area contributed by atoms with E-state index in [1.165, 1.54) is 38.5 Å². The molecule has 0 saturated heterocycles. The fraction of sp³-hybridized carbons (Fsp3) is 0.923. The molecule has 15 heavy (non-hydrogen) atoms. The van der Waals surface area contributed by atoms with Crippen molar-refractivity contribution in [2.75, 3.05) is 0 Å². The third-order valence-corrected chi connectivity index (χ3v) is 3.94. The first-order valence-electron chi connectivity index (χ1n) is 6.38. The summed E-state index contributed by atoms with van der Waals surface area (Å²) in [6, 6.07) is 1.21. The summed E-state index contributed by atoms with van der Waals surface area (Å²) in [6.07, 6.45) is 8.01. The van der Waals surface area contributed by atoms with Crippen LogP contribution in [0.2, 0.25) is 0 Å². The van der Waals surface area contributed by atoms with E-state index in [9.17, 15) is 0 Å². The van der Waals surface area contributed by atoms with Gasteiger partial charge in [-0.3, -0.25) is 4.99 Å². The van der Waals surface area contributed by atoms with E-state index in [1.54, 1.807) is 0 Å². The largest absolute Gasteiger partial charge is 0.369 e. The van der Waals surface area contributed by atoms with Gasteiger partial charge in [0.1, 0.15) is 0 Å². The van der Waals surface area contributed by atoms with Gasteiger partial charge in [-0.05, 0) is 38.0 Å². The van der Waals surface area contributed by atoms with Gasteiger partial charge in [0.05, 0.1) is 11.9 Å². The number of aliphatic imine (C=N–C) groups is 1. The molecule has 2 aliphatic rings. The van der Waals surface area contributed by atoms with Crippen LogP contribution in [0.15, 0.2) is 4.99 Å². The van der Waals surface area contributed by atoms with E-state index < -0.39 is 0 Å². The fourth-order valence-electron chi connectivity index (χ4n) is 2.99. The Bertz CT molecular complexity index is 255. The molecule has 1 aliphatic carbocycles. The van der Waals surface area contributed by atoms with E-state index in [4.69, 9.17) is 4.99 Å². The lowest BCUT2D eigenvalue weighted by molar-refractivity contribution is 0.292. The first-order chi connectivity index (χ1) is 7.07. The Balaban J connectivity index is 1.98. The van der Waals surface area contributed by atoms with Crippen molar-refractivity contribution in [3.63, 3.8) is 0 Å². The zero-order valence-corrected chi connectivity index (χ0v) is 10.3. The molecule has 0 amide bonds. The number of nitrogens with one attached hydrogen (secondary N) is 1. The van der Waals surface area contributed by atoms with Crippen LogP contribution >= 0.6 is 0 Å². The first kappa shape index (κ1) is 11.0. The summed E-state index contributed by atoms with van der Waals surface area (Å²) < 4.78 is 0. The Hall–Kier alpha value is -0.530. The van der Waals surface area contributed by atoms with Gasteiger partial charge >= 0.3 is 0 Å². The molecule has 1 saturated carbocycles. The number of nitrogens with zero attached hydrogens (tertiary/aromatic N) is 1. The minimum atomic E-state index is 0.553. The van der Waals surface area contributed by atoms with Crippen molar-refractivity contribution in [3.8, 4) is 0 Å². The fourth-order valence-corrected chi connectivity index (χ4v) is 2.99. The second-order valence-electron chi connectivity index (χ2n) is 5.98. The number of hydrogen-bond donors (Lipinski definition) is 1. The van der Waals surface area contributed by atoms with Crippen LogP contribution < -0.4 is 5.32 Å². The number of rotatable bonds is 0. The van der Waals surface area contributed by atoms with Crippen molar-refractivity contribution in [2.24, 2.45) is 10.4 Å². The molecule has 2 heteroatoms. The average molecular weight is 208 g/mol. The van der Waals surface area contributed by atoms with E-state index in [0.29, 0.717) is 17.5 Å². The average Bonchev–Trinajstić information content (AvgIpc) is 2.46. The van der Waals surface area contributed by atoms with Crippen LogP contribution in [0.25, 0.3) is 0 Å². The SMILES string of the molecule is CC1=NC2CCCC(C)(C)CCCC2N1. The highest BCUT2D eigenvalue weighted by Gasteiger charge is 2.29. The van der Waals surface area contributed by atoms with Gasteiger partial charge in [-0.1, -0.05) is 26.7 Å². The Morgan fingerprint density at radius 2 is 1.87 bits per heavy atom. The topological polar surface area (TPSA) is 24.4 Å². The smallest absolute Gasteiger partial charge is 0.0938 e. The van der Waals surface area contributed by atoms with E-state index in [1.807, 2.05) is 0 Å². The van der Waals surface area contributed by atoms with Gasteiger partial charge in [-0.2, -0.15) is 0 Å². The predicted octanol–water partition coefficient (Wildman–Crippen LogP) is 3.13. The molecule has 2 atom stereocenters. The van der Waals surface area contributed by atoms with Crippen LogP contribution in [0, 0.1) is 5.41 Å². The van der Waals surface area contributed by atoms with Crippen molar-refractivity contribution in [1.82, 2.24) is 5.32 Å². The van der Waals surface area contributed by atoms with Crippen LogP contribution in [0.4, 0.5) is 0 Å². The number of amidine groups is 1. The molecule has 0 radical (unpaired) electrons. The highest BCUT2D eigenvalue weighted by atomic mass is 15.1. The maximum Gasteiger partial charge on any atom is 0.0938 e.